The van der Waals surface area contributed by atoms with Crippen LogP contribution in [0.2, 0.25) is 5.02 Å². The van der Waals surface area contributed by atoms with Gasteiger partial charge < -0.3 is 15.1 Å². The second kappa shape index (κ2) is 9.07. The minimum Gasteiger partial charge on any atom is -0.467 e. The number of carbonyl (C=O) groups is 1. The predicted molar refractivity (Wildman–Crippen MR) is 104 cm³/mol. The topological polar surface area (TPSA) is 107 Å². The summed E-state index contributed by atoms with van der Waals surface area (Å²) in [4.78, 5) is 27.5. The molecule has 0 spiro atoms. The van der Waals surface area contributed by atoms with E-state index in [-0.39, 0.29) is 23.1 Å². The van der Waals surface area contributed by atoms with Crippen LogP contribution in [0.15, 0.2) is 65.3 Å². The van der Waals surface area contributed by atoms with Gasteiger partial charge in [0, 0.05) is 11.4 Å². The molecule has 0 radical (unpaired) electrons. The van der Waals surface area contributed by atoms with Gasteiger partial charge in [0.15, 0.2) is 0 Å². The zero-order chi connectivity index (χ0) is 20.8. The molecule has 8 nitrogen and oxygen atoms in total. The van der Waals surface area contributed by atoms with E-state index in [1.54, 1.807) is 18.2 Å². The van der Waals surface area contributed by atoms with Crippen molar-refractivity contribution in [1.29, 1.82) is 0 Å². The third-order valence-electron chi connectivity index (χ3n) is 3.85. The average Bonchev–Trinajstić information content (AvgIpc) is 3.20. The summed E-state index contributed by atoms with van der Waals surface area (Å²) in [5.41, 5.74) is 0.880. The SMILES string of the molecule is O=C(CC(Nc1ccc(Cl)c(O[N+](=O)[O-])c1)c1ccco1)Nc1ccc(F)cc1. The number of rotatable bonds is 8. The monoisotopic (exact) mass is 419 g/mol. The van der Waals surface area contributed by atoms with Crippen LogP contribution in [0.1, 0.15) is 18.2 Å². The standard InChI is InChI=1S/C19H15ClFN3O5/c20-15-8-7-14(10-18(15)29-24(26)27)22-16(17-2-1-9-28-17)11-19(25)23-13-5-3-12(21)4-6-13/h1-10,16,22H,11H2,(H,23,25). The first-order chi connectivity index (χ1) is 13.9. The van der Waals surface area contributed by atoms with E-state index in [1.165, 1.54) is 42.7 Å². The lowest BCUT2D eigenvalue weighted by atomic mass is 10.1. The highest BCUT2D eigenvalue weighted by molar-refractivity contribution is 6.32. The van der Waals surface area contributed by atoms with E-state index in [9.17, 15) is 19.3 Å². The van der Waals surface area contributed by atoms with Crippen LogP contribution in [0.5, 0.6) is 5.75 Å². The Labute approximate surface area is 169 Å². The smallest absolute Gasteiger partial charge is 0.299 e. The van der Waals surface area contributed by atoms with E-state index in [0.717, 1.165) is 0 Å². The van der Waals surface area contributed by atoms with E-state index >= 15 is 0 Å². The van der Waals surface area contributed by atoms with Crippen LogP contribution in [0, 0.1) is 15.9 Å². The van der Waals surface area contributed by atoms with Gasteiger partial charge in [-0.2, -0.15) is 0 Å². The molecule has 0 fully saturated rings. The molecule has 2 aromatic carbocycles. The van der Waals surface area contributed by atoms with E-state index in [0.29, 0.717) is 17.1 Å². The summed E-state index contributed by atoms with van der Waals surface area (Å²) in [7, 11) is 0. The number of anilines is 2. The van der Waals surface area contributed by atoms with Crippen molar-refractivity contribution < 1.29 is 23.5 Å². The summed E-state index contributed by atoms with van der Waals surface area (Å²) in [5.74, 6) is -0.420. The van der Waals surface area contributed by atoms with E-state index in [4.69, 9.17) is 16.0 Å². The van der Waals surface area contributed by atoms with E-state index in [1.807, 2.05) is 0 Å². The Morgan fingerprint density at radius 2 is 1.93 bits per heavy atom. The molecule has 29 heavy (non-hydrogen) atoms. The fraction of sp³-hybridized carbons (Fsp3) is 0.105. The lowest BCUT2D eigenvalue weighted by Crippen LogP contribution is -2.20. The zero-order valence-corrected chi connectivity index (χ0v) is 15.6. The van der Waals surface area contributed by atoms with Crippen LogP contribution in [0.3, 0.4) is 0 Å². The maximum atomic E-state index is 13.0. The Morgan fingerprint density at radius 3 is 2.59 bits per heavy atom. The van der Waals surface area contributed by atoms with Crippen molar-refractivity contribution in [1.82, 2.24) is 0 Å². The second-order valence-electron chi connectivity index (χ2n) is 5.93. The van der Waals surface area contributed by atoms with Crippen molar-refractivity contribution in [2.75, 3.05) is 10.6 Å². The average molecular weight is 420 g/mol. The molecule has 150 valence electrons. The highest BCUT2D eigenvalue weighted by Crippen LogP contribution is 2.31. The van der Waals surface area contributed by atoms with Crippen LogP contribution < -0.4 is 15.5 Å². The first kappa shape index (κ1) is 20.2. The molecule has 10 heteroatoms. The molecule has 0 bridgehead atoms. The minimum absolute atomic E-state index is 0.0288. The zero-order valence-electron chi connectivity index (χ0n) is 14.8. The van der Waals surface area contributed by atoms with Crippen molar-refractivity contribution in [2.24, 2.45) is 0 Å². The summed E-state index contributed by atoms with van der Waals surface area (Å²) in [5, 5.41) is 15.4. The fourth-order valence-electron chi connectivity index (χ4n) is 2.59. The summed E-state index contributed by atoms with van der Waals surface area (Å²) in [6, 6.07) is 12.5. The quantitative estimate of drug-likeness (QED) is 0.400. The number of amides is 1. The van der Waals surface area contributed by atoms with Crippen molar-refractivity contribution in [2.45, 2.75) is 12.5 Å². The predicted octanol–water partition coefficient (Wildman–Crippen LogP) is 4.82. The molecule has 0 aliphatic carbocycles. The number of halogens is 2. The Kier molecular flexibility index (Phi) is 6.30. The Morgan fingerprint density at radius 1 is 1.21 bits per heavy atom. The third kappa shape index (κ3) is 5.69. The maximum Gasteiger partial charge on any atom is 0.299 e. The van der Waals surface area contributed by atoms with Gasteiger partial charge in [0.25, 0.3) is 5.09 Å². The number of furan rings is 1. The minimum atomic E-state index is -0.967. The summed E-state index contributed by atoms with van der Waals surface area (Å²) in [6.45, 7) is 0. The Balaban J connectivity index is 1.75. The van der Waals surface area contributed by atoms with Crippen molar-refractivity contribution in [3.8, 4) is 5.75 Å². The van der Waals surface area contributed by atoms with Crippen molar-refractivity contribution in [3.05, 3.63) is 87.6 Å². The maximum absolute atomic E-state index is 13.0. The largest absolute Gasteiger partial charge is 0.467 e. The van der Waals surface area contributed by atoms with Gasteiger partial charge in [0.1, 0.15) is 17.3 Å². The highest BCUT2D eigenvalue weighted by Gasteiger charge is 2.20. The van der Waals surface area contributed by atoms with Crippen LogP contribution in [-0.2, 0) is 4.79 Å². The van der Waals surface area contributed by atoms with Gasteiger partial charge in [-0.15, -0.1) is 10.1 Å². The van der Waals surface area contributed by atoms with Gasteiger partial charge in [0.2, 0.25) is 5.91 Å². The molecule has 1 amide bonds. The highest BCUT2D eigenvalue weighted by atomic mass is 35.5. The molecule has 0 saturated heterocycles. The molecule has 1 atom stereocenters. The number of benzene rings is 2. The lowest BCUT2D eigenvalue weighted by Gasteiger charge is -2.18. The molecule has 0 aliphatic heterocycles. The van der Waals surface area contributed by atoms with Crippen LogP contribution in [-0.4, -0.2) is 11.0 Å². The summed E-state index contributed by atoms with van der Waals surface area (Å²) >= 11 is 5.90. The molecule has 3 rings (SSSR count). The second-order valence-corrected chi connectivity index (χ2v) is 6.34. The molecule has 2 N–H and O–H groups in total. The molecule has 0 saturated carbocycles. The normalized spacial score (nSPS) is 11.5. The molecular formula is C19H15ClFN3O5. The first-order valence-corrected chi connectivity index (χ1v) is 8.76. The van der Waals surface area contributed by atoms with E-state index < -0.39 is 16.9 Å². The van der Waals surface area contributed by atoms with Gasteiger partial charge in [0.05, 0.1) is 23.7 Å². The van der Waals surface area contributed by atoms with E-state index in [2.05, 4.69) is 15.5 Å². The molecule has 1 unspecified atom stereocenters. The number of hydrogen-bond donors (Lipinski definition) is 2. The first-order valence-electron chi connectivity index (χ1n) is 8.38. The summed E-state index contributed by atoms with van der Waals surface area (Å²) in [6.07, 6.45) is 1.43. The Hall–Kier alpha value is -3.59. The molecule has 0 aliphatic rings. The third-order valence-corrected chi connectivity index (χ3v) is 4.16. The Bertz CT molecular complexity index is 996. The van der Waals surface area contributed by atoms with Gasteiger partial charge in [-0.3, -0.25) is 9.63 Å². The van der Waals surface area contributed by atoms with Gasteiger partial charge >= 0.3 is 0 Å². The summed E-state index contributed by atoms with van der Waals surface area (Å²) < 4.78 is 18.4. The number of nitrogens with zero attached hydrogens (tertiary/aromatic N) is 1. The van der Waals surface area contributed by atoms with Crippen molar-refractivity contribution >= 4 is 28.9 Å². The molecule has 3 aromatic rings. The van der Waals surface area contributed by atoms with Gasteiger partial charge in [-0.05, 0) is 54.6 Å². The van der Waals surface area contributed by atoms with Crippen molar-refractivity contribution in [3.63, 3.8) is 0 Å². The molecule has 1 heterocycles. The number of nitrogens with one attached hydrogen (secondary N) is 2. The van der Waals surface area contributed by atoms with Crippen LogP contribution in [0.4, 0.5) is 15.8 Å². The fourth-order valence-corrected chi connectivity index (χ4v) is 2.74. The van der Waals surface area contributed by atoms with Gasteiger partial charge in [-0.1, -0.05) is 11.6 Å². The van der Waals surface area contributed by atoms with Crippen LogP contribution in [0.25, 0.3) is 0 Å². The van der Waals surface area contributed by atoms with Crippen LogP contribution >= 0.6 is 11.6 Å². The molecular weight excluding hydrogens is 405 g/mol. The molecule has 1 aromatic heterocycles. The number of hydrogen-bond acceptors (Lipinski definition) is 6. The van der Waals surface area contributed by atoms with Gasteiger partial charge in [-0.25, -0.2) is 4.39 Å². The number of carbonyl (C=O) groups excluding carboxylic acids is 1. The lowest BCUT2D eigenvalue weighted by molar-refractivity contribution is -0.711.